The van der Waals surface area contributed by atoms with Gasteiger partial charge >= 0.3 is 6.03 Å². The van der Waals surface area contributed by atoms with E-state index in [1.807, 2.05) is 37.5 Å². The van der Waals surface area contributed by atoms with Gasteiger partial charge < -0.3 is 5.32 Å². The molecule has 0 unspecified atom stereocenters. The number of halogens is 1. The van der Waals surface area contributed by atoms with Gasteiger partial charge in [0.2, 0.25) is 5.91 Å². The van der Waals surface area contributed by atoms with Crippen molar-refractivity contribution in [1.29, 1.82) is 0 Å². The van der Waals surface area contributed by atoms with E-state index < -0.39 is 17.5 Å². The molecule has 0 radical (unpaired) electrons. The first-order chi connectivity index (χ1) is 12.7. The molecule has 1 aromatic carbocycles. The lowest BCUT2D eigenvalue weighted by molar-refractivity contribution is -0.117. The predicted molar refractivity (Wildman–Crippen MR) is 108 cm³/mol. The molecule has 9 heteroatoms. The summed E-state index contributed by atoms with van der Waals surface area (Å²) in [5.41, 5.74) is 0.435. The highest BCUT2D eigenvalue weighted by atomic mass is 35.5. The van der Waals surface area contributed by atoms with Crippen molar-refractivity contribution in [2.24, 2.45) is 0 Å². The zero-order valence-electron chi connectivity index (χ0n) is 15.5. The zero-order valence-corrected chi connectivity index (χ0v) is 17.0. The Hall–Kier alpha value is -2.32. The molecule has 0 spiro atoms. The Labute approximate surface area is 167 Å². The maximum atomic E-state index is 12.0. The van der Waals surface area contributed by atoms with Gasteiger partial charge in [0.05, 0.1) is 5.75 Å². The molecular formula is C18H22ClN5O2S. The molecule has 0 aliphatic carbocycles. The summed E-state index contributed by atoms with van der Waals surface area (Å²) in [6, 6.07) is 6.73. The number of aromatic nitrogens is 3. The Balaban J connectivity index is 2.06. The molecule has 0 saturated heterocycles. The Morgan fingerprint density at radius 3 is 2.52 bits per heavy atom. The molecule has 1 aromatic heterocycles. The van der Waals surface area contributed by atoms with E-state index in [9.17, 15) is 9.59 Å². The van der Waals surface area contributed by atoms with E-state index in [-0.39, 0.29) is 5.75 Å². The summed E-state index contributed by atoms with van der Waals surface area (Å²) in [4.78, 5) is 23.8. The SMILES string of the molecule is C=CCn1c(SCC(=O)NC(=O)NC(C)(C)C)nnc1-c1ccc(Cl)cc1. The molecule has 0 saturated carbocycles. The summed E-state index contributed by atoms with van der Waals surface area (Å²) < 4.78 is 1.85. The third-order valence-electron chi connectivity index (χ3n) is 3.20. The van der Waals surface area contributed by atoms with Crippen molar-refractivity contribution in [3.05, 3.63) is 41.9 Å². The van der Waals surface area contributed by atoms with Crippen LogP contribution in [0.25, 0.3) is 11.4 Å². The average molecular weight is 408 g/mol. The highest BCUT2D eigenvalue weighted by Gasteiger charge is 2.18. The number of benzene rings is 1. The molecule has 0 aliphatic heterocycles. The number of thioether (sulfide) groups is 1. The normalized spacial score (nSPS) is 11.1. The fraction of sp³-hybridized carbons (Fsp3) is 0.333. The summed E-state index contributed by atoms with van der Waals surface area (Å²) in [6.07, 6.45) is 1.73. The minimum Gasteiger partial charge on any atom is -0.333 e. The minimum atomic E-state index is -0.525. The lowest BCUT2D eigenvalue weighted by Gasteiger charge is -2.20. The Morgan fingerprint density at radius 1 is 1.26 bits per heavy atom. The second-order valence-corrected chi connectivity index (χ2v) is 8.13. The number of amides is 3. The van der Waals surface area contributed by atoms with Crippen molar-refractivity contribution in [3.63, 3.8) is 0 Å². The quantitative estimate of drug-likeness (QED) is 0.565. The van der Waals surface area contributed by atoms with Crippen LogP contribution in [-0.2, 0) is 11.3 Å². The fourth-order valence-corrected chi connectivity index (χ4v) is 3.04. The van der Waals surface area contributed by atoms with Crippen LogP contribution >= 0.6 is 23.4 Å². The Morgan fingerprint density at radius 2 is 1.93 bits per heavy atom. The highest BCUT2D eigenvalue weighted by Crippen LogP contribution is 2.25. The molecule has 0 bridgehead atoms. The average Bonchev–Trinajstić information content (AvgIpc) is 2.95. The van der Waals surface area contributed by atoms with Crippen LogP contribution in [0.3, 0.4) is 0 Å². The standard InChI is InChI=1S/C18H22ClN5O2S/c1-5-10-24-15(12-6-8-13(19)9-7-12)22-23-17(24)27-11-14(25)20-16(26)21-18(2,3)4/h5-9H,1,10-11H2,2-4H3,(H2,20,21,25,26). The molecule has 7 nitrogen and oxygen atoms in total. The Kier molecular flexibility index (Phi) is 7.04. The van der Waals surface area contributed by atoms with Gasteiger partial charge in [-0.2, -0.15) is 0 Å². The zero-order chi connectivity index (χ0) is 20.0. The summed E-state index contributed by atoms with van der Waals surface area (Å²) in [7, 11) is 0. The number of carbonyl (C=O) groups is 2. The number of hydrogen-bond acceptors (Lipinski definition) is 5. The van der Waals surface area contributed by atoms with Crippen LogP contribution in [-0.4, -0.2) is 38.0 Å². The molecule has 0 aliphatic rings. The number of nitrogens with one attached hydrogen (secondary N) is 2. The van der Waals surface area contributed by atoms with E-state index in [0.29, 0.717) is 22.5 Å². The van der Waals surface area contributed by atoms with Gasteiger partial charge in [-0.15, -0.1) is 16.8 Å². The van der Waals surface area contributed by atoms with E-state index in [1.54, 1.807) is 18.2 Å². The molecule has 0 fully saturated rings. The minimum absolute atomic E-state index is 0.0352. The number of rotatable bonds is 6. The second kappa shape index (κ2) is 9.05. The van der Waals surface area contributed by atoms with Crippen molar-refractivity contribution in [1.82, 2.24) is 25.4 Å². The second-order valence-electron chi connectivity index (χ2n) is 6.75. The lowest BCUT2D eigenvalue weighted by Crippen LogP contribution is -2.48. The number of nitrogens with zero attached hydrogens (tertiary/aromatic N) is 3. The van der Waals surface area contributed by atoms with Crippen molar-refractivity contribution in [2.45, 2.75) is 38.0 Å². The van der Waals surface area contributed by atoms with Crippen molar-refractivity contribution >= 4 is 35.3 Å². The lowest BCUT2D eigenvalue weighted by atomic mass is 10.1. The predicted octanol–water partition coefficient (Wildman–Crippen LogP) is 3.50. The van der Waals surface area contributed by atoms with Gasteiger partial charge in [-0.05, 0) is 45.0 Å². The highest BCUT2D eigenvalue weighted by molar-refractivity contribution is 7.99. The number of hydrogen-bond donors (Lipinski definition) is 2. The number of allylic oxidation sites excluding steroid dienone is 1. The molecule has 27 heavy (non-hydrogen) atoms. The van der Waals surface area contributed by atoms with Gasteiger partial charge in [0.15, 0.2) is 11.0 Å². The molecule has 2 aromatic rings. The summed E-state index contributed by atoms with van der Waals surface area (Å²) >= 11 is 7.13. The monoisotopic (exact) mass is 407 g/mol. The summed E-state index contributed by atoms with van der Waals surface area (Å²) in [5, 5.41) is 14.5. The van der Waals surface area contributed by atoms with Crippen LogP contribution < -0.4 is 10.6 Å². The molecule has 144 valence electrons. The van der Waals surface area contributed by atoms with Crippen LogP contribution in [0.1, 0.15) is 20.8 Å². The summed E-state index contributed by atoms with van der Waals surface area (Å²) in [5.74, 6) is 0.274. The number of urea groups is 1. The molecule has 2 rings (SSSR count). The fourth-order valence-electron chi connectivity index (χ4n) is 2.17. The molecule has 2 N–H and O–H groups in total. The smallest absolute Gasteiger partial charge is 0.321 e. The van der Waals surface area contributed by atoms with Gasteiger partial charge in [0, 0.05) is 22.7 Å². The maximum Gasteiger partial charge on any atom is 0.321 e. The van der Waals surface area contributed by atoms with Crippen molar-refractivity contribution < 1.29 is 9.59 Å². The summed E-state index contributed by atoms with van der Waals surface area (Å²) in [6.45, 7) is 9.75. The van der Waals surface area contributed by atoms with E-state index in [0.717, 1.165) is 5.56 Å². The first-order valence-corrected chi connectivity index (χ1v) is 9.61. The van der Waals surface area contributed by atoms with Crippen LogP contribution in [0.2, 0.25) is 5.02 Å². The molecule has 1 heterocycles. The van der Waals surface area contributed by atoms with Gasteiger partial charge in [-0.3, -0.25) is 14.7 Å². The van der Waals surface area contributed by atoms with Crippen LogP contribution in [0.4, 0.5) is 4.79 Å². The number of carbonyl (C=O) groups excluding carboxylic acids is 2. The first kappa shape index (κ1) is 21.0. The number of imide groups is 1. The van der Waals surface area contributed by atoms with E-state index in [4.69, 9.17) is 11.6 Å². The molecule has 0 atom stereocenters. The topological polar surface area (TPSA) is 88.9 Å². The van der Waals surface area contributed by atoms with Crippen LogP contribution in [0.5, 0.6) is 0 Å². The largest absolute Gasteiger partial charge is 0.333 e. The van der Waals surface area contributed by atoms with E-state index >= 15 is 0 Å². The molecular weight excluding hydrogens is 386 g/mol. The van der Waals surface area contributed by atoms with Gasteiger partial charge in [0.25, 0.3) is 0 Å². The van der Waals surface area contributed by atoms with Crippen molar-refractivity contribution in [2.75, 3.05) is 5.75 Å². The van der Waals surface area contributed by atoms with Crippen LogP contribution in [0, 0.1) is 0 Å². The van der Waals surface area contributed by atoms with Crippen LogP contribution in [0.15, 0.2) is 42.1 Å². The van der Waals surface area contributed by atoms with Gasteiger partial charge in [-0.1, -0.05) is 29.4 Å². The van der Waals surface area contributed by atoms with Gasteiger partial charge in [-0.25, -0.2) is 4.79 Å². The molecule has 3 amide bonds. The van der Waals surface area contributed by atoms with Crippen molar-refractivity contribution in [3.8, 4) is 11.4 Å². The first-order valence-electron chi connectivity index (χ1n) is 8.24. The van der Waals surface area contributed by atoms with Gasteiger partial charge in [0.1, 0.15) is 0 Å². The maximum absolute atomic E-state index is 12.0. The Bertz CT molecular complexity index is 827. The third-order valence-corrected chi connectivity index (χ3v) is 4.42. The third kappa shape index (κ3) is 6.41. The van der Waals surface area contributed by atoms with E-state index in [1.165, 1.54) is 11.8 Å². The van der Waals surface area contributed by atoms with E-state index in [2.05, 4.69) is 27.4 Å².